The van der Waals surface area contributed by atoms with Gasteiger partial charge in [-0.3, -0.25) is 4.98 Å². The summed E-state index contributed by atoms with van der Waals surface area (Å²) in [6.45, 7) is 8.14. The number of anilines is 1. The molecule has 1 aromatic carbocycles. The SMILES string of the molecule is COc1cc2nc(C)nc(N[C@H](C)c3cc(C(F)(F)F)ccn3)c2cc1OC1CCC1COC(C)C. The van der Waals surface area contributed by atoms with Gasteiger partial charge in [-0.15, -0.1) is 0 Å². The first-order valence-corrected chi connectivity index (χ1v) is 12.0. The number of benzene rings is 1. The third-order valence-electron chi connectivity index (χ3n) is 6.27. The van der Waals surface area contributed by atoms with Crippen LogP contribution < -0.4 is 14.8 Å². The summed E-state index contributed by atoms with van der Waals surface area (Å²) in [6, 6.07) is 5.06. The van der Waals surface area contributed by atoms with Crippen LogP contribution in [0.5, 0.6) is 11.5 Å². The van der Waals surface area contributed by atoms with Crippen molar-refractivity contribution < 1.29 is 27.4 Å². The maximum Gasteiger partial charge on any atom is 0.416 e. The Morgan fingerprint density at radius 3 is 2.50 bits per heavy atom. The van der Waals surface area contributed by atoms with Gasteiger partial charge in [0, 0.05) is 23.6 Å². The molecule has 194 valence electrons. The molecule has 36 heavy (non-hydrogen) atoms. The molecule has 0 amide bonds. The van der Waals surface area contributed by atoms with E-state index < -0.39 is 17.8 Å². The Labute approximate surface area is 208 Å². The van der Waals surface area contributed by atoms with Gasteiger partial charge in [-0.25, -0.2) is 9.97 Å². The van der Waals surface area contributed by atoms with E-state index in [2.05, 4.69) is 20.3 Å². The van der Waals surface area contributed by atoms with Gasteiger partial charge in [-0.1, -0.05) is 0 Å². The van der Waals surface area contributed by atoms with Gasteiger partial charge in [-0.2, -0.15) is 13.2 Å². The number of hydrogen-bond donors (Lipinski definition) is 1. The average molecular weight is 505 g/mol. The first kappa shape index (κ1) is 25.9. The summed E-state index contributed by atoms with van der Waals surface area (Å²) >= 11 is 0. The quantitative estimate of drug-likeness (QED) is 0.376. The largest absolute Gasteiger partial charge is 0.493 e. The number of aryl methyl sites for hydroxylation is 1. The molecule has 1 fully saturated rings. The lowest BCUT2D eigenvalue weighted by Crippen LogP contribution is -2.40. The zero-order chi connectivity index (χ0) is 26.0. The van der Waals surface area contributed by atoms with Crippen molar-refractivity contribution in [1.82, 2.24) is 15.0 Å². The fraction of sp³-hybridized carbons (Fsp3) is 0.500. The Morgan fingerprint density at radius 1 is 1.08 bits per heavy atom. The first-order chi connectivity index (χ1) is 17.0. The molecule has 3 atom stereocenters. The normalized spacial score (nSPS) is 18.7. The van der Waals surface area contributed by atoms with Gasteiger partial charge in [0.05, 0.1) is 42.6 Å². The highest BCUT2D eigenvalue weighted by Gasteiger charge is 2.34. The monoisotopic (exact) mass is 504 g/mol. The van der Waals surface area contributed by atoms with Gasteiger partial charge in [0.2, 0.25) is 0 Å². The van der Waals surface area contributed by atoms with Gasteiger partial charge in [0.1, 0.15) is 17.7 Å². The van der Waals surface area contributed by atoms with Crippen LogP contribution in [0.3, 0.4) is 0 Å². The highest BCUT2D eigenvalue weighted by atomic mass is 19.4. The van der Waals surface area contributed by atoms with Crippen molar-refractivity contribution in [2.75, 3.05) is 19.0 Å². The van der Waals surface area contributed by atoms with E-state index in [4.69, 9.17) is 14.2 Å². The molecule has 1 saturated carbocycles. The van der Waals surface area contributed by atoms with E-state index in [1.54, 1.807) is 27.0 Å². The number of nitrogens with one attached hydrogen (secondary N) is 1. The molecule has 10 heteroatoms. The number of methoxy groups -OCH3 is 1. The average Bonchev–Trinajstić information content (AvgIpc) is 2.80. The number of aromatic nitrogens is 3. The molecule has 2 heterocycles. The van der Waals surface area contributed by atoms with E-state index in [-0.39, 0.29) is 17.9 Å². The molecule has 7 nitrogen and oxygen atoms in total. The van der Waals surface area contributed by atoms with Gasteiger partial charge in [0.25, 0.3) is 0 Å². The lowest BCUT2D eigenvalue weighted by Gasteiger charge is -2.37. The molecule has 2 aromatic heterocycles. The molecule has 2 unspecified atom stereocenters. The van der Waals surface area contributed by atoms with Crippen molar-refractivity contribution in [3.05, 3.63) is 47.5 Å². The molecular weight excluding hydrogens is 473 g/mol. The molecular formula is C26H31F3N4O3. The van der Waals surface area contributed by atoms with Crippen LogP contribution in [0.25, 0.3) is 10.9 Å². The van der Waals surface area contributed by atoms with E-state index in [9.17, 15) is 13.2 Å². The van der Waals surface area contributed by atoms with Crippen molar-refractivity contribution in [1.29, 1.82) is 0 Å². The topological polar surface area (TPSA) is 78.4 Å². The van der Waals surface area contributed by atoms with Crippen LogP contribution in [0, 0.1) is 12.8 Å². The highest BCUT2D eigenvalue weighted by molar-refractivity contribution is 5.92. The predicted molar refractivity (Wildman–Crippen MR) is 130 cm³/mol. The summed E-state index contributed by atoms with van der Waals surface area (Å²) in [5.41, 5.74) is 0.134. The van der Waals surface area contributed by atoms with Gasteiger partial charge in [0.15, 0.2) is 11.5 Å². The van der Waals surface area contributed by atoms with Crippen molar-refractivity contribution >= 4 is 16.7 Å². The lowest BCUT2D eigenvalue weighted by molar-refractivity contribution is -0.137. The molecule has 0 aliphatic heterocycles. The van der Waals surface area contributed by atoms with Crippen LogP contribution in [-0.2, 0) is 10.9 Å². The number of rotatable bonds is 9. The maximum absolute atomic E-state index is 13.2. The molecule has 4 rings (SSSR count). The molecule has 0 radical (unpaired) electrons. The summed E-state index contributed by atoms with van der Waals surface area (Å²) in [5, 5.41) is 3.88. The second-order valence-corrected chi connectivity index (χ2v) is 9.35. The van der Waals surface area contributed by atoms with Gasteiger partial charge in [-0.05, 0) is 58.7 Å². The van der Waals surface area contributed by atoms with Crippen LogP contribution in [-0.4, -0.2) is 40.9 Å². The molecule has 3 aromatic rings. The van der Waals surface area contributed by atoms with Crippen molar-refractivity contribution in [2.45, 2.75) is 65.0 Å². The van der Waals surface area contributed by atoms with Crippen LogP contribution in [0.1, 0.15) is 56.7 Å². The molecule has 0 bridgehead atoms. The standard InChI is InChI=1S/C26H31F3N4O3/c1-14(2)35-13-17-6-7-22(17)36-24-11-19-21(12-23(24)34-5)32-16(4)33-25(19)31-15(3)20-10-18(8-9-30-20)26(27,28)29/h8-12,14-15,17,22H,6-7,13H2,1-5H3,(H,31,32,33)/t15-,17?,22?/m1/s1. The summed E-state index contributed by atoms with van der Waals surface area (Å²) < 4.78 is 57.2. The number of alkyl halides is 3. The Balaban J connectivity index is 1.63. The minimum Gasteiger partial charge on any atom is -0.493 e. The minimum atomic E-state index is -4.45. The third-order valence-corrected chi connectivity index (χ3v) is 6.27. The van der Waals surface area contributed by atoms with Gasteiger partial charge >= 0.3 is 6.18 Å². The maximum atomic E-state index is 13.2. The molecule has 0 spiro atoms. The Morgan fingerprint density at radius 2 is 1.86 bits per heavy atom. The molecule has 1 aliphatic carbocycles. The van der Waals surface area contributed by atoms with Crippen LogP contribution in [0.2, 0.25) is 0 Å². The number of pyridine rings is 1. The summed E-state index contributed by atoms with van der Waals surface area (Å²) in [4.78, 5) is 13.2. The molecule has 1 N–H and O–H groups in total. The summed E-state index contributed by atoms with van der Waals surface area (Å²) in [5.74, 6) is 2.39. The number of halogens is 3. The minimum absolute atomic E-state index is 0.00566. The number of nitrogens with zero attached hydrogens (tertiary/aromatic N) is 3. The fourth-order valence-corrected chi connectivity index (χ4v) is 4.12. The van der Waals surface area contributed by atoms with Crippen LogP contribution >= 0.6 is 0 Å². The van der Waals surface area contributed by atoms with Crippen molar-refractivity contribution in [3.63, 3.8) is 0 Å². The second-order valence-electron chi connectivity index (χ2n) is 9.35. The molecule has 0 saturated heterocycles. The number of fused-ring (bicyclic) bond motifs is 1. The highest BCUT2D eigenvalue weighted by Crippen LogP contribution is 2.40. The number of hydrogen-bond acceptors (Lipinski definition) is 7. The molecule has 1 aliphatic rings. The first-order valence-electron chi connectivity index (χ1n) is 12.0. The van der Waals surface area contributed by atoms with E-state index in [1.165, 1.54) is 0 Å². The van der Waals surface area contributed by atoms with Crippen LogP contribution in [0.15, 0.2) is 30.5 Å². The van der Waals surface area contributed by atoms with Gasteiger partial charge < -0.3 is 19.5 Å². The second kappa shape index (κ2) is 10.5. The third kappa shape index (κ3) is 5.80. The van der Waals surface area contributed by atoms with Crippen molar-refractivity contribution in [3.8, 4) is 11.5 Å². The fourth-order valence-electron chi connectivity index (χ4n) is 4.12. The lowest BCUT2D eigenvalue weighted by atomic mass is 9.82. The smallest absolute Gasteiger partial charge is 0.416 e. The Bertz CT molecular complexity index is 1220. The number of ether oxygens (including phenoxy) is 3. The zero-order valence-electron chi connectivity index (χ0n) is 21.0. The summed E-state index contributed by atoms with van der Waals surface area (Å²) in [6.07, 6.45) is -1.17. The van der Waals surface area contributed by atoms with E-state index >= 15 is 0 Å². The Hall–Kier alpha value is -3.14. The predicted octanol–water partition coefficient (Wildman–Crippen LogP) is 6.12. The van der Waals surface area contributed by atoms with E-state index in [0.717, 1.165) is 31.2 Å². The van der Waals surface area contributed by atoms with Crippen molar-refractivity contribution in [2.24, 2.45) is 5.92 Å². The summed E-state index contributed by atoms with van der Waals surface area (Å²) in [7, 11) is 1.57. The Kier molecular flexibility index (Phi) is 7.54. The van der Waals surface area contributed by atoms with E-state index in [0.29, 0.717) is 46.6 Å². The van der Waals surface area contributed by atoms with Crippen LogP contribution in [0.4, 0.5) is 19.0 Å². The van der Waals surface area contributed by atoms with E-state index in [1.807, 2.05) is 19.9 Å². The zero-order valence-corrected chi connectivity index (χ0v) is 21.0.